The lowest BCUT2D eigenvalue weighted by atomic mass is 10.1. The Balaban J connectivity index is 3.45. The van der Waals surface area contributed by atoms with Gasteiger partial charge in [0.25, 0.3) is 0 Å². The minimum atomic E-state index is -5.28. The largest absolute Gasteiger partial charge is 0.574 e. The van der Waals surface area contributed by atoms with Gasteiger partial charge in [-0.15, -0.1) is 13.2 Å². The molecule has 19 heavy (non-hydrogen) atoms. The topological polar surface area (TPSA) is 31.4 Å². The van der Waals surface area contributed by atoms with Gasteiger partial charge in [-0.3, -0.25) is 0 Å². The van der Waals surface area contributed by atoms with Crippen molar-refractivity contribution in [3.8, 4) is 11.6 Å². The summed E-state index contributed by atoms with van der Waals surface area (Å²) in [5, 5.41) is 0. The maximum Gasteiger partial charge on any atom is 0.574 e. The summed E-state index contributed by atoms with van der Waals surface area (Å²) < 4.78 is 94.2. The van der Waals surface area contributed by atoms with E-state index < -0.39 is 42.0 Å². The van der Waals surface area contributed by atoms with Crippen molar-refractivity contribution >= 4 is 0 Å². The molecule has 0 aliphatic carbocycles. The van der Waals surface area contributed by atoms with E-state index in [-0.39, 0.29) is 0 Å². The van der Waals surface area contributed by atoms with Gasteiger partial charge in [0.1, 0.15) is 18.0 Å². The van der Waals surface area contributed by atoms with Crippen LogP contribution in [0.1, 0.15) is 11.1 Å². The molecule has 1 rings (SSSR count). The Kier molecular flexibility index (Phi) is 4.11. The van der Waals surface area contributed by atoms with Crippen molar-refractivity contribution in [1.29, 1.82) is 0 Å². The van der Waals surface area contributed by atoms with Crippen molar-refractivity contribution in [2.24, 2.45) is 0 Å². The molecule has 1 heterocycles. The third kappa shape index (κ3) is 3.61. The van der Waals surface area contributed by atoms with Gasteiger partial charge < -0.3 is 9.47 Å². The van der Waals surface area contributed by atoms with E-state index in [1.54, 1.807) is 0 Å². The van der Waals surface area contributed by atoms with Gasteiger partial charge in [-0.2, -0.15) is 13.2 Å². The zero-order valence-corrected chi connectivity index (χ0v) is 9.19. The lowest BCUT2D eigenvalue weighted by Gasteiger charge is -2.18. The lowest BCUT2D eigenvalue weighted by molar-refractivity contribution is -0.276. The molecular weight excluding hydrogens is 287 g/mol. The van der Waals surface area contributed by atoms with Crippen molar-refractivity contribution in [3.05, 3.63) is 17.3 Å². The molecule has 0 aliphatic rings. The van der Waals surface area contributed by atoms with Crippen LogP contribution in [-0.2, 0) is 12.9 Å². The summed E-state index contributed by atoms with van der Waals surface area (Å²) in [5.74, 6) is -2.39. The van der Waals surface area contributed by atoms with Crippen molar-refractivity contribution in [3.63, 3.8) is 0 Å². The number of halogens is 7. The molecule has 0 aliphatic heterocycles. The molecular formula is C9H6F7NO2. The average molecular weight is 293 g/mol. The quantitative estimate of drug-likeness (QED) is 0.800. The van der Waals surface area contributed by atoms with E-state index in [1.807, 2.05) is 0 Å². The van der Waals surface area contributed by atoms with Crippen LogP contribution < -0.4 is 9.47 Å². The molecule has 0 atom stereocenters. The Morgan fingerprint density at radius 3 is 2.11 bits per heavy atom. The number of hydrogen-bond acceptors (Lipinski definition) is 3. The molecule has 3 nitrogen and oxygen atoms in total. The van der Waals surface area contributed by atoms with Crippen LogP contribution in [-0.4, -0.2) is 18.5 Å². The predicted octanol–water partition coefficient (Wildman–Crippen LogP) is 3.48. The second-order valence-corrected chi connectivity index (χ2v) is 3.16. The summed E-state index contributed by atoms with van der Waals surface area (Å²) in [4.78, 5) is 2.97. The fraction of sp³-hybridized carbons (Fsp3) is 0.444. The molecule has 0 fully saturated rings. The number of alkyl halides is 7. The van der Waals surface area contributed by atoms with Crippen LogP contribution in [0.4, 0.5) is 30.7 Å². The van der Waals surface area contributed by atoms with E-state index in [0.717, 1.165) is 7.11 Å². The molecule has 0 amide bonds. The number of hydrogen-bond donors (Lipinski definition) is 0. The summed E-state index contributed by atoms with van der Waals surface area (Å²) in [5.41, 5.74) is -3.06. The van der Waals surface area contributed by atoms with Crippen LogP contribution in [0.2, 0.25) is 0 Å². The van der Waals surface area contributed by atoms with Crippen molar-refractivity contribution in [2.45, 2.75) is 19.2 Å². The highest BCUT2D eigenvalue weighted by molar-refractivity contribution is 5.45. The molecule has 0 N–H and O–H groups in total. The smallest absolute Gasteiger partial charge is 0.494 e. The first kappa shape index (κ1) is 15.3. The molecule has 1 aromatic rings. The molecule has 0 saturated carbocycles. The molecule has 108 valence electrons. The van der Waals surface area contributed by atoms with Gasteiger partial charge in [0.05, 0.1) is 18.9 Å². The molecule has 0 aromatic carbocycles. The van der Waals surface area contributed by atoms with Crippen molar-refractivity contribution < 1.29 is 40.2 Å². The number of nitrogens with zero attached hydrogens (tertiary/aromatic N) is 1. The van der Waals surface area contributed by atoms with Crippen LogP contribution in [0.3, 0.4) is 0 Å². The van der Waals surface area contributed by atoms with Gasteiger partial charge in [0.15, 0.2) is 0 Å². The zero-order valence-electron chi connectivity index (χ0n) is 9.19. The van der Waals surface area contributed by atoms with Crippen molar-refractivity contribution in [1.82, 2.24) is 4.98 Å². The summed E-state index contributed by atoms with van der Waals surface area (Å²) in [7, 11) is 0.846. The highest BCUT2D eigenvalue weighted by Crippen LogP contribution is 2.42. The standard InChI is InChI=1S/C9H6F7NO2/c1-18-5-3-17-7(19-9(14,15)16)4(2-10)6(5)8(11,12)13/h3H,2H2,1H3. The second kappa shape index (κ2) is 5.10. The van der Waals surface area contributed by atoms with Crippen LogP contribution in [0.5, 0.6) is 11.6 Å². The Morgan fingerprint density at radius 2 is 1.74 bits per heavy atom. The van der Waals surface area contributed by atoms with E-state index >= 15 is 0 Å². The van der Waals surface area contributed by atoms with E-state index in [4.69, 9.17) is 0 Å². The van der Waals surface area contributed by atoms with Gasteiger partial charge in [-0.1, -0.05) is 0 Å². The maximum absolute atomic E-state index is 12.7. The highest BCUT2D eigenvalue weighted by Gasteiger charge is 2.41. The van der Waals surface area contributed by atoms with Crippen LogP contribution in [0, 0.1) is 0 Å². The monoisotopic (exact) mass is 293 g/mol. The number of pyridine rings is 1. The predicted molar refractivity (Wildman–Crippen MR) is 47.3 cm³/mol. The molecule has 0 unspecified atom stereocenters. The number of methoxy groups -OCH3 is 1. The van der Waals surface area contributed by atoms with Crippen LogP contribution in [0.25, 0.3) is 0 Å². The van der Waals surface area contributed by atoms with Crippen molar-refractivity contribution in [2.75, 3.05) is 7.11 Å². The Hall–Kier alpha value is -1.74. The number of ether oxygens (including phenoxy) is 2. The second-order valence-electron chi connectivity index (χ2n) is 3.16. The van der Waals surface area contributed by atoms with Crippen LogP contribution >= 0.6 is 0 Å². The van der Waals surface area contributed by atoms with Gasteiger partial charge in [-0.05, 0) is 0 Å². The normalized spacial score (nSPS) is 12.4. The third-order valence-corrected chi connectivity index (χ3v) is 1.95. The maximum atomic E-state index is 12.7. The first-order valence-corrected chi connectivity index (χ1v) is 4.55. The Morgan fingerprint density at radius 1 is 1.16 bits per heavy atom. The Bertz CT molecular complexity index is 455. The molecule has 1 aromatic heterocycles. The molecule has 0 saturated heterocycles. The molecule has 0 spiro atoms. The van der Waals surface area contributed by atoms with E-state index in [2.05, 4.69) is 14.5 Å². The minimum Gasteiger partial charge on any atom is -0.494 e. The molecule has 10 heteroatoms. The molecule has 0 radical (unpaired) electrons. The summed E-state index contributed by atoms with van der Waals surface area (Å²) in [6.07, 6.45) is -10.0. The molecule has 0 bridgehead atoms. The first-order chi connectivity index (χ1) is 8.60. The average Bonchev–Trinajstić information content (AvgIpc) is 2.25. The summed E-state index contributed by atoms with van der Waals surface area (Å²) in [6, 6.07) is 0. The van der Waals surface area contributed by atoms with E-state index in [1.165, 1.54) is 0 Å². The Labute approximate surface area is 101 Å². The first-order valence-electron chi connectivity index (χ1n) is 4.55. The fourth-order valence-electron chi connectivity index (χ4n) is 1.30. The lowest BCUT2D eigenvalue weighted by Crippen LogP contribution is -2.21. The van der Waals surface area contributed by atoms with Gasteiger partial charge in [0, 0.05) is 0 Å². The van der Waals surface area contributed by atoms with E-state index in [0.29, 0.717) is 6.20 Å². The van der Waals surface area contributed by atoms with Crippen LogP contribution in [0.15, 0.2) is 6.20 Å². The van der Waals surface area contributed by atoms with E-state index in [9.17, 15) is 30.7 Å². The summed E-state index contributed by atoms with van der Waals surface area (Å²) >= 11 is 0. The zero-order chi connectivity index (χ0) is 14.8. The number of aromatic nitrogens is 1. The summed E-state index contributed by atoms with van der Waals surface area (Å²) in [6.45, 7) is -1.84. The third-order valence-electron chi connectivity index (χ3n) is 1.95. The fourth-order valence-corrected chi connectivity index (χ4v) is 1.30. The van der Waals surface area contributed by atoms with Gasteiger partial charge in [0.2, 0.25) is 5.88 Å². The van der Waals surface area contributed by atoms with Gasteiger partial charge >= 0.3 is 12.5 Å². The SMILES string of the molecule is COc1cnc(OC(F)(F)F)c(CF)c1C(F)(F)F. The highest BCUT2D eigenvalue weighted by atomic mass is 19.4. The number of rotatable bonds is 3. The van der Waals surface area contributed by atoms with Gasteiger partial charge in [-0.25, -0.2) is 9.37 Å². The minimum absolute atomic E-state index is 0.378.